The van der Waals surface area contributed by atoms with Crippen LogP contribution in [0.15, 0.2) is 24.3 Å². The second-order valence-electron chi connectivity index (χ2n) is 6.87. The molecule has 1 aliphatic carbocycles. The lowest BCUT2D eigenvalue weighted by Gasteiger charge is -2.10. The molecule has 1 aromatic heterocycles. The van der Waals surface area contributed by atoms with Crippen LogP contribution in [-0.2, 0) is 17.8 Å². The van der Waals surface area contributed by atoms with Gasteiger partial charge in [-0.2, -0.15) is 0 Å². The van der Waals surface area contributed by atoms with Crippen LogP contribution in [0.4, 0.5) is 8.78 Å². The number of benzene rings is 1. The van der Waals surface area contributed by atoms with E-state index in [9.17, 15) is 18.4 Å². The first-order valence-electron chi connectivity index (χ1n) is 9.16. The highest BCUT2D eigenvalue weighted by Crippen LogP contribution is 2.30. The molecule has 1 fully saturated rings. The van der Waals surface area contributed by atoms with Crippen LogP contribution in [0.2, 0.25) is 5.02 Å². The lowest BCUT2D eigenvalue weighted by molar-refractivity contribution is -0.119. The number of aryl methyl sites for hydroxylation is 1. The van der Waals surface area contributed by atoms with Gasteiger partial charge in [-0.25, -0.2) is 18.7 Å². The number of rotatable bonds is 9. The molecule has 6 nitrogen and oxygen atoms in total. The molecule has 1 aromatic carbocycles. The zero-order valence-electron chi connectivity index (χ0n) is 15.8. The average Bonchev–Trinajstić information content (AvgIpc) is 3.50. The molecular formula is C20H20ClF2N3O3. The van der Waals surface area contributed by atoms with E-state index in [0.717, 1.165) is 12.8 Å². The SMILES string of the molecule is Cc1cc(C(=O)NCc2ccc(OCC(F)F)cc2Cl)nc(CC(=O)C2CC2)n1. The first-order chi connectivity index (χ1) is 13.8. The molecule has 29 heavy (non-hydrogen) atoms. The van der Waals surface area contributed by atoms with Crippen molar-refractivity contribution in [2.24, 2.45) is 5.92 Å². The minimum absolute atomic E-state index is 0.0999. The van der Waals surface area contributed by atoms with E-state index < -0.39 is 18.9 Å². The highest BCUT2D eigenvalue weighted by atomic mass is 35.5. The van der Waals surface area contributed by atoms with Gasteiger partial charge in [-0.1, -0.05) is 17.7 Å². The predicted molar refractivity (Wildman–Crippen MR) is 102 cm³/mol. The summed E-state index contributed by atoms with van der Waals surface area (Å²) in [6.45, 7) is 1.13. The Labute approximate surface area is 171 Å². The summed E-state index contributed by atoms with van der Waals surface area (Å²) < 4.78 is 29.3. The molecule has 1 N–H and O–H groups in total. The highest BCUT2D eigenvalue weighted by molar-refractivity contribution is 6.31. The Hall–Kier alpha value is -2.61. The smallest absolute Gasteiger partial charge is 0.272 e. The van der Waals surface area contributed by atoms with Gasteiger partial charge in [-0.3, -0.25) is 9.59 Å². The zero-order valence-corrected chi connectivity index (χ0v) is 16.5. The van der Waals surface area contributed by atoms with Crippen molar-refractivity contribution in [3.8, 4) is 5.75 Å². The molecule has 0 saturated heterocycles. The van der Waals surface area contributed by atoms with E-state index in [1.165, 1.54) is 12.1 Å². The predicted octanol–water partition coefficient (Wildman–Crippen LogP) is 3.53. The molecule has 0 atom stereocenters. The van der Waals surface area contributed by atoms with Gasteiger partial charge in [0.25, 0.3) is 12.3 Å². The Balaban J connectivity index is 1.61. The molecule has 0 radical (unpaired) electrons. The van der Waals surface area contributed by atoms with Crippen molar-refractivity contribution in [1.29, 1.82) is 0 Å². The molecule has 154 valence electrons. The second-order valence-corrected chi connectivity index (χ2v) is 7.27. The Morgan fingerprint density at radius 2 is 2.03 bits per heavy atom. The average molecular weight is 424 g/mol. The third kappa shape index (κ3) is 6.19. The molecule has 0 spiro atoms. The van der Waals surface area contributed by atoms with Crippen LogP contribution in [0.25, 0.3) is 0 Å². The van der Waals surface area contributed by atoms with E-state index >= 15 is 0 Å². The number of nitrogens with zero attached hydrogens (tertiary/aromatic N) is 2. The van der Waals surface area contributed by atoms with E-state index in [2.05, 4.69) is 15.3 Å². The number of hydrogen-bond donors (Lipinski definition) is 1. The van der Waals surface area contributed by atoms with E-state index in [1.807, 2.05) is 0 Å². The molecule has 3 rings (SSSR count). The van der Waals surface area contributed by atoms with Crippen LogP contribution in [0.3, 0.4) is 0 Å². The number of nitrogens with one attached hydrogen (secondary N) is 1. The Bertz CT molecular complexity index is 920. The summed E-state index contributed by atoms with van der Waals surface area (Å²) in [5.41, 5.74) is 1.37. The lowest BCUT2D eigenvalue weighted by atomic mass is 10.2. The first-order valence-corrected chi connectivity index (χ1v) is 9.54. The van der Waals surface area contributed by atoms with Crippen molar-refractivity contribution in [3.63, 3.8) is 0 Å². The summed E-state index contributed by atoms with van der Waals surface area (Å²) >= 11 is 6.14. The third-order valence-electron chi connectivity index (χ3n) is 4.34. The van der Waals surface area contributed by atoms with Crippen LogP contribution < -0.4 is 10.1 Å². The Morgan fingerprint density at radius 1 is 1.28 bits per heavy atom. The molecule has 2 aromatic rings. The number of ether oxygens (including phenoxy) is 1. The Morgan fingerprint density at radius 3 is 2.69 bits per heavy atom. The fourth-order valence-corrected chi connectivity index (χ4v) is 2.95. The van der Waals surface area contributed by atoms with Gasteiger partial charge in [0.15, 0.2) is 0 Å². The van der Waals surface area contributed by atoms with Gasteiger partial charge in [0.05, 0.1) is 6.42 Å². The van der Waals surface area contributed by atoms with Crippen LogP contribution in [-0.4, -0.2) is 34.7 Å². The van der Waals surface area contributed by atoms with E-state index in [0.29, 0.717) is 17.1 Å². The molecular weight excluding hydrogens is 404 g/mol. The molecule has 9 heteroatoms. The normalized spacial score (nSPS) is 13.4. The van der Waals surface area contributed by atoms with Gasteiger partial charge in [-0.05, 0) is 43.5 Å². The minimum Gasteiger partial charge on any atom is -0.488 e. The summed E-state index contributed by atoms with van der Waals surface area (Å²) in [4.78, 5) is 32.9. The lowest BCUT2D eigenvalue weighted by Crippen LogP contribution is -2.25. The van der Waals surface area contributed by atoms with Crippen molar-refractivity contribution in [2.75, 3.05) is 6.61 Å². The van der Waals surface area contributed by atoms with Gasteiger partial charge < -0.3 is 10.1 Å². The number of halogens is 3. The first kappa shape index (κ1) is 21.1. The molecule has 1 amide bonds. The number of hydrogen-bond acceptors (Lipinski definition) is 5. The third-order valence-corrected chi connectivity index (χ3v) is 4.69. The molecule has 0 aliphatic heterocycles. The molecule has 1 heterocycles. The second kappa shape index (κ2) is 9.26. The fraction of sp³-hybridized carbons (Fsp3) is 0.400. The van der Waals surface area contributed by atoms with Crippen LogP contribution in [0, 0.1) is 12.8 Å². The molecule has 1 saturated carbocycles. The maximum Gasteiger partial charge on any atom is 0.272 e. The fourth-order valence-electron chi connectivity index (χ4n) is 2.72. The topological polar surface area (TPSA) is 81.2 Å². The largest absolute Gasteiger partial charge is 0.488 e. The van der Waals surface area contributed by atoms with Gasteiger partial charge in [0, 0.05) is 23.2 Å². The zero-order chi connectivity index (χ0) is 21.0. The van der Waals surface area contributed by atoms with Crippen molar-refractivity contribution in [1.82, 2.24) is 15.3 Å². The summed E-state index contributed by atoms with van der Waals surface area (Å²) in [7, 11) is 0. The van der Waals surface area contributed by atoms with Crippen molar-refractivity contribution in [2.45, 2.75) is 39.2 Å². The van der Waals surface area contributed by atoms with Crippen LogP contribution in [0.5, 0.6) is 5.75 Å². The van der Waals surface area contributed by atoms with Gasteiger partial charge in [-0.15, -0.1) is 0 Å². The number of carbonyl (C=O) groups excluding carboxylic acids is 2. The standard InChI is InChI=1S/C20H20ClF2N3O3/c1-11-6-16(26-19(25-11)8-17(27)12-2-3-12)20(28)24-9-13-4-5-14(7-15(13)21)29-10-18(22)23/h4-7,12,18H,2-3,8-10H2,1H3,(H,24,28). The molecule has 0 unspecified atom stereocenters. The maximum absolute atomic E-state index is 12.5. The summed E-state index contributed by atoms with van der Waals surface area (Å²) in [5, 5.41) is 2.99. The number of aromatic nitrogens is 2. The van der Waals surface area contributed by atoms with Crippen molar-refractivity contribution >= 4 is 23.3 Å². The minimum atomic E-state index is -2.58. The monoisotopic (exact) mass is 423 g/mol. The Kier molecular flexibility index (Phi) is 6.74. The summed E-state index contributed by atoms with van der Waals surface area (Å²) in [6, 6.07) is 6.06. The summed E-state index contributed by atoms with van der Waals surface area (Å²) in [6.07, 6.45) is -0.637. The highest BCUT2D eigenvalue weighted by Gasteiger charge is 2.30. The number of ketones is 1. The van der Waals surface area contributed by atoms with E-state index in [4.69, 9.17) is 16.3 Å². The van der Waals surface area contributed by atoms with Gasteiger partial charge in [0.2, 0.25) is 0 Å². The van der Waals surface area contributed by atoms with Crippen LogP contribution >= 0.6 is 11.6 Å². The number of alkyl halides is 2. The number of carbonyl (C=O) groups is 2. The quantitative estimate of drug-likeness (QED) is 0.667. The van der Waals surface area contributed by atoms with E-state index in [-0.39, 0.29) is 41.1 Å². The van der Waals surface area contributed by atoms with Crippen LogP contribution in [0.1, 0.15) is 40.4 Å². The number of Topliss-reactive ketones (excluding diaryl/α,β-unsaturated/α-hetero) is 1. The van der Waals surface area contributed by atoms with Crippen molar-refractivity contribution < 1.29 is 23.1 Å². The number of amides is 1. The van der Waals surface area contributed by atoms with Gasteiger partial charge >= 0.3 is 0 Å². The van der Waals surface area contributed by atoms with Crippen molar-refractivity contribution in [3.05, 3.63) is 52.1 Å². The summed E-state index contributed by atoms with van der Waals surface area (Å²) in [5.74, 6) is 0.339. The molecule has 1 aliphatic rings. The van der Waals surface area contributed by atoms with E-state index in [1.54, 1.807) is 19.1 Å². The van der Waals surface area contributed by atoms with Gasteiger partial charge in [0.1, 0.15) is 29.7 Å². The maximum atomic E-state index is 12.5. The molecule has 0 bridgehead atoms.